The van der Waals surface area contributed by atoms with E-state index in [1.807, 2.05) is 13.0 Å². The molecule has 0 fully saturated rings. The Labute approximate surface area is 85.9 Å². The lowest BCUT2D eigenvalue weighted by Crippen LogP contribution is -1.98. The van der Waals surface area contributed by atoms with E-state index in [0.717, 1.165) is 17.5 Å². The number of benzene rings is 1. The monoisotopic (exact) mass is 212 g/mol. The van der Waals surface area contributed by atoms with Gasteiger partial charge in [-0.1, -0.05) is 25.6 Å². The van der Waals surface area contributed by atoms with E-state index in [9.17, 15) is 4.21 Å². The Kier molecular flexibility index (Phi) is 3.85. The van der Waals surface area contributed by atoms with Crippen molar-refractivity contribution in [3.8, 4) is 5.75 Å². The number of rotatable bonds is 4. The van der Waals surface area contributed by atoms with Crippen molar-refractivity contribution >= 4 is 17.4 Å². The summed E-state index contributed by atoms with van der Waals surface area (Å²) >= 11 is -2.26. The van der Waals surface area contributed by atoms with Gasteiger partial charge < -0.3 is 4.18 Å². The quantitative estimate of drug-likeness (QED) is 0.779. The molecule has 1 atom stereocenters. The normalized spacial score (nSPS) is 12.1. The molecule has 1 aromatic rings. The van der Waals surface area contributed by atoms with Crippen molar-refractivity contribution in [3.05, 3.63) is 35.9 Å². The molecule has 0 amide bonds. The minimum Gasteiger partial charge on any atom is -0.380 e. The van der Waals surface area contributed by atoms with Crippen LogP contribution < -0.4 is 4.18 Å². The minimum atomic E-state index is -2.26. The molecule has 14 heavy (non-hydrogen) atoms. The first-order valence-corrected chi connectivity index (χ1v) is 5.25. The third kappa shape index (κ3) is 2.68. The molecule has 76 valence electrons. The molecule has 1 unspecified atom stereocenters. The lowest BCUT2D eigenvalue weighted by molar-refractivity contribution is 0.458. The molecule has 3 nitrogen and oxygen atoms in total. The zero-order valence-electron chi connectivity index (χ0n) is 7.90. The highest BCUT2D eigenvalue weighted by Gasteiger charge is 2.02. The maximum Gasteiger partial charge on any atom is 0.357 e. The van der Waals surface area contributed by atoms with Crippen LogP contribution in [0, 0.1) is 0 Å². The van der Waals surface area contributed by atoms with Crippen LogP contribution in [-0.2, 0) is 17.8 Å². The number of hydrogen-bond donors (Lipinski definition) is 1. The summed E-state index contributed by atoms with van der Waals surface area (Å²) in [7, 11) is 0. The molecular weight excluding hydrogens is 200 g/mol. The van der Waals surface area contributed by atoms with Gasteiger partial charge >= 0.3 is 11.4 Å². The van der Waals surface area contributed by atoms with Gasteiger partial charge in [0.25, 0.3) is 0 Å². The molecule has 0 aromatic heterocycles. The van der Waals surface area contributed by atoms with Crippen molar-refractivity contribution in [2.45, 2.75) is 13.3 Å². The Hall–Kier alpha value is -1.13. The molecule has 0 saturated heterocycles. The molecule has 0 saturated carbocycles. The Morgan fingerprint density at radius 1 is 1.64 bits per heavy atom. The van der Waals surface area contributed by atoms with Crippen LogP contribution in [0.2, 0.25) is 0 Å². The summed E-state index contributed by atoms with van der Waals surface area (Å²) in [6.45, 7) is 5.68. The third-order valence-electron chi connectivity index (χ3n) is 1.88. The van der Waals surface area contributed by atoms with Gasteiger partial charge in [-0.05, 0) is 29.7 Å². The summed E-state index contributed by atoms with van der Waals surface area (Å²) in [5.41, 5.74) is 2.06. The Morgan fingerprint density at radius 3 is 2.86 bits per heavy atom. The summed E-state index contributed by atoms with van der Waals surface area (Å²) in [4.78, 5) is 0. The summed E-state index contributed by atoms with van der Waals surface area (Å²) in [6.07, 6.45) is 2.58. The van der Waals surface area contributed by atoms with Gasteiger partial charge in [0.05, 0.1) is 0 Å². The fraction of sp³-hybridized carbons (Fsp3) is 0.200. The van der Waals surface area contributed by atoms with Crippen LogP contribution >= 0.6 is 0 Å². The molecule has 0 heterocycles. The van der Waals surface area contributed by atoms with Crippen LogP contribution in [0.3, 0.4) is 0 Å². The molecule has 4 heteroatoms. The van der Waals surface area contributed by atoms with E-state index >= 15 is 0 Å². The minimum absolute atomic E-state index is 0.397. The Morgan fingerprint density at radius 2 is 2.36 bits per heavy atom. The summed E-state index contributed by atoms with van der Waals surface area (Å²) in [5, 5.41) is 0. The molecule has 0 aliphatic carbocycles. The van der Waals surface area contributed by atoms with Crippen molar-refractivity contribution in [1.29, 1.82) is 0 Å². The van der Waals surface area contributed by atoms with Gasteiger partial charge in [0.15, 0.2) is 0 Å². The maximum atomic E-state index is 10.4. The molecule has 0 bridgehead atoms. The van der Waals surface area contributed by atoms with E-state index in [4.69, 9.17) is 4.55 Å². The van der Waals surface area contributed by atoms with Gasteiger partial charge in [-0.15, -0.1) is 0 Å². The molecule has 0 aliphatic rings. The average Bonchev–Trinajstić information content (AvgIpc) is 2.16. The topological polar surface area (TPSA) is 46.5 Å². The molecular formula is C10H12O3S. The smallest absolute Gasteiger partial charge is 0.357 e. The van der Waals surface area contributed by atoms with Gasteiger partial charge in [0, 0.05) is 0 Å². The molecule has 1 N–H and O–H groups in total. The molecule has 1 rings (SSSR count). The van der Waals surface area contributed by atoms with E-state index < -0.39 is 11.4 Å². The maximum absolute atomic E-state index is 10.4. The van der Waals surface area contributed by atoms with E-state index in [-0.39, 0.29) is 0 Å². The van der Waals surface area contributed by atoms with Gasteiger partial charge in [-0.2, -0.15) is 4.21 Å². The first-order chi connectivity index (χ1) is 6.67. The second-order valence-electron chi connectivity index (χ2n) is 2.72. The van der Waals surface area contributed by atoms with Gasteiger partial charge in [-0.3, -0.25) is 4.55 Å². The summed E-state index contributed by atoms with van der Waals surface area (Å²) in [6, 6.07) is 5.20. The SMILES string of the molecule is C=Cc1ccc(OS(=O)O)cc1CC. The van der Waals surface area contributed by atoms with Crippen molar-refractivity contribution in [3.63, 3.8) is 0 Å². The van der Waals surface area contributed by atoms with Crippen LogP contribution in [0.25, 0.3) is 6.08 Å². The summed E-state index contributed by atoms with van der Waals surface area (Å²) < 4.78 is 23.6. The Bertz CT molecular complexity index is 360. The third-order valence-corrected chi connectivity index (χ3v) is 2.22. The van der Waals surface area contributed by atoms with E-state index in [0.29, 0.717) is 5.75 Å². The highest BCUT2D eigenvalue weighted by atomic mass is 32.2. The van der Waals surface area contributed by atoms with Crippen molar-refractivity contribution < 1.29 is 12.9 Å². The van der Waals surface area contributed by atoms with Crippen LogP contribution in [0.5, 0.6) is 5.75 Å². The highest BCUT2D eigenvalue weighted by Crippen LogP contribution is 2.19. The van der Waals surface area contributed by atoms with Crippen molar-refractivity contribution in [1.82, 2.24) is 0 Å². The lowest BCUT2D eigenvalue weighted by Gasteiger charge is -2.05. The first-order valence-electron chi connectivity index (χ1n) is 4.22. The van der Waals surface area contributed by atoms with Crippen LogP contribution in [0.1, 0.15) is 18.1 Å². The van der Waals surface area contributed by atoms with E-state index in [2.05, 4.69) is 10.8 Å². The van der Waals surface area contributed by atoms with Gasteiger partial charge in [0.2, 0.25) is 0 Å². The van der Waals surface area contributed by atoms with Crippen LogP contribution in [0.4, 0.5) is 0 Å². The van der Waals surface area contributed by atoms with Gasteiger partial charge in [-0.25, -0.2) is 0 Å². The predicted molar refractivity (Wildman–Crippen MR) is 57.3 cm³/mol. The molecule has 0 spiro atoms. The fourth-order valence-corrected chi connectivity index (χ4v) is 1.49. The number of aryl methyl sites for hydroxylation is 1. The van der Waals surface area contributed by atoms with Gasteiger partial charge in [0.1, 0.15) is 5.75 Å². The number of hydrogen-bond acceptors (Lipinski definition) is 2. The van der Waals surface area contributed by atoms with Crippen molar-refractivity contribution in [2.75, 3.05) is 0 Å². The highest BCUT2D eigenvalue weighted by molar-refractivity contribution is 7.74. The predicted octanol–water partition coefficient (Wildman–Crippen LogP) is 2.41. The lowest BCUT2D eigenvalue weighted by atomic mass is 10.1. The zero-order valence-corrected chi connectivity index (χ0v) is 8.71. The summed E-state index contributed by atoms with van der Waals surface area (Å²) in [5.74, 6) is 0.397. The Balaban J connectivity index is 3.01. The van der Waals surface area contributed by atoms with Crippen LogP contribution in [0.15, 0.2) is 24.8 Å². The first kappa shape index (κ1) is 10.9. The fourth-order valence-electron chi connectivity index (χ4n) is 1.22. The van der Waals surface area contributed by atoms with Crippen LogP contribution in [-0.4, -0.2) is 8.76 Å². The standard InChI is InChI=1S/C10H12O3S/c1-3-8-5-6-10(13-14(11)12)7-9(8)4-2/h3,5-7H,1,4H2,2H3,(H,11,12). The second-order valence-corrected chi connectivity index (χ2v) is 3.32. The molecule has 0 radical (unpaired) electrons. The zero-order chi connectivity index (χ0) is 10.6. The van der Waals surface area contributed by atoms with E-state index in [1.54, 1.807) is 18.2 Å². The second kappa shape index (κ2) is 4.93. The average molecular weight is 212 g/mol. The molecule has 1 aromatic carbocycles. The molecule has 0 aliphatic heterocycles. The van der Waals surface area contributed by atoms with Crippen molar-refractivity contribution in [2.24, 2.45) is 0 Å². The van der Waals surface area contributed by atoms with E-state index in [1.165, 1.54) is 0 Å². The largest absolute Gasteiger partial charge is 0.380 e.